The Balaban J connectivity index is 0.00000243. The quantitative estimate of drug-likeness (QED) is 0.356. The van der Waals surface area contributed by atoms with Crippen LogP contribution in [0.25, 0.3) is 0 Å². The average Bonchev–Trinajstić information content (AvgIpc) is 3.10. The van der Waals surface area contributed by atoms with E-state index in [0.717, 1.165) is 35.8 Å². The average molecular weight is 503 g/mol. The molecule has 3 rings (SSSR count). The van der Waals surface area contributed by atoms with E-state index in [-0.39, 0.29) is 24.0 Å². The van der Waals surface area contributed by atoms with Gasteiger partial charge in [-0.3, -0.25) is 4.99 Å². The second-order valence-corrected chi connectivity index (χ2v) is 7.58. The summed E-state index contributed by atoms with van der Waals surface area (Å²) in [4.78, 5) is 10.4. The van der Waals surface area contributed by atoms with Gasteiger partial charge in [-0.2, -0.15) is 13.2 Å². The molecule has 5 nitrogen and oxygen atoms in total. The number of aliphatic imine (C=N–C) groups is 1. The van der Waals surface area contributed by atoms with Crippen molar-refractivity contribution in [2.75, 3.05) is 33.2 Å². The Kier molecular flexibility index (Phi) is 7.95. The summed E-state index contributed by atoms with van der Waals surface area (Å²) in [5.41, 5.74) is -0.809. The van der Waals surface area contributed by atoms with Gasteiger partial charge in [-0.15, -0.1) is 35.3 Å². The maximum absolute atomic E-state index is 12.5. The molecule has 26 heavy (non-hydrogen) atoms. The SMILES string of the molecule is CN=C(NCCc1nc(C(F)(F)F)cs1)NCC1CCN(C2CC2)C1.I. The third-order valence-electron chi connectivity index (χ3n) is 4.64. The van der Waals surface area contributed by atoms with E-state index in [0.29, 0.717) is 29.9 Å². The normalized spacial score (nSPS) is 21.5. The first-order valence-electron chi connectivity index (χ1n) is 8.66. The first-order valence-corrected chi connectivity index (χ1v) is 9.54. The molecule has 0 radical (unpaired) electrons. The number of nitrogens with zero attached hydrogens (tertiary/aromatic N) is 3. The highest BCUT2D eigenvalue weighted by molar-refractivity contribution is 14.0. The number of nitrogens with one attached hydrogen (secondary N) is 2. The Morgan fingerprint density at radius 3 is 2.73 bits per heavy atom. The van der Waals surface area contributed by atoms with Crippen molar-refractivity contribution in [3.63, 3.8) is 0 Å². The zero-order chi connectivity index (χ0) is 17.9. The number of hydrogen-bond donors (Lipinski definition) is 2. The van der Waals surface area contributed by atoms with Crippen molar-refractivity contribution in [3.05, 3.63) is 16.1 Å². The summed E-state index contributed by atoms with van der Waals surface area (Å²) >= 11 is 1.04. The highest BCUT2D eigenvalue weighted by Crippen LogP contribution is 2.31. The predicted octanol–water partition coefficient (Wildman–Crippen LogP) is 2.97. The molecule has 0 aromatic carbocycles. The molecule has 1 aliphatic carbocycles. The van der Waals surface area contributed by atoms with Gasteiger partial charge in [0.05, 0.1) is 5.01 Å². The van der Waals surface area contributed by atoms with E-state index in [1.807, 2.05) is 0 Å². The number of halogens is 4. The lowest BCUT2D eigenvalue weighted by Gasteiger charge is -2.17. The van der Waals surface area contributed by atoms with Crippen molar-refractivity contribution >= 4 is 41.3 Å². The molecule has 10 heteroatoms. The fraction of sp³-hybridized carbons (Fsp3) is 0.750. The van der Waals surface area contributed by atoms with E-state index in [2.05, 4.69) is 25.5 Å². The van der Waals surface area contributed by atoms with Crippen molar-refractivity contribution in [1.29, 1.82) is 0 Å². The third-order valence-corrected chi connectivity index (χ3v) is 5.54. The number of likely N-dealkylation sites (tertiary alicyclic amines) is 1. The first kappa shape index (κ1) is 21.7. The zero-order valence-electron chi connectivity index (χ0n) is 14.7. The lowest BCUT2D eigenvalue weighted by molar-refractivity contribution is -0.140. The summed E-state index contributed by atoms with van der Waals surface area (Å²) in [6, 6.07) is 0.822. The van der Waals surface area contributed by atoms with Crippen LogP contribution in [-0.4, -0.2) is 55.1 Å². The molecule has 1 saturated carbocycles. The molecule has 1 aliphatic heterocycles. The number of thiazole rings is 1. The van der Waals surface area contributed by atoms with Crippen molar-refractivity contribution in [2.24, 2.45) is 10.9 Å². The van der Waals surface area contributed by atoms with Crippen LogP contribution in [0.4, 0.5) is 13.2 Å². The smallest absolute Gasteiger partial charge is 0.356 e. The van der Waals surface area contributed by atoms with Crippen LogP contribution in [0.2, 0.25) is 0 Å². The summed E-state index contributed by atoms with van der Waals surface area (Å²) < 4.78 is 37.6. The first-order chi connectivity index (χ1) is 12.0. The van der Waals surface area contributed by atoms with Gasteiger partial charge in [-0.25, -0.2) is 4.98 Å². The molecule has 0 bridgehead atoms. The summed E-state index contributed by atoms with van der Waals surface area (Å²) in [6.45, 7) is 3.71. The number of alkyl halides is 3. The molecule has 1 aromatic rings. The molecule has 2 N–H and O–H groups in total. The second kappa shape index (κ2) is 9.54. The highest BCUT2D eigenvalue weighted by atomic mass is 127. The molecule has 1 aromatic heterocycles. The van der Waals surface area contributed by atoms with Crippen LogP contribution in [0.15, 0.2) is 10.4 Å². The van der Waals surface area contributed by atoms with Crippen LogP contribution in [0.3, 0.4) is 0 Å². The standard InChI is InChI=1S/C16H24F3N5S.HI/c1-20-15(22-8-11-5-7-24(9-11)12-2-3-12)21-6-4-14-23-13(10-25-14)16(17,18)19;/h10-12H,2-9H2,1H3,(H2,20,21,22);1H. The van der Waals surface area contributed by atoms with Gasteiger partial charge in [0.1, 0.15) is 0 Å². The van der Waals surface area contributed by atoms with Crippen LogP contribution in [0, 0.1) is 5.92 Å². The van der Waals surface area contributed by atoms with E-state index < -0.39 is 11.9 Å². The predicted molar refractivity (Wildman–Crippen MR) is 108 cm³/mol. The Morgan fingerprint density at radius 1 is 1.35 bits per heavy atom. The fourth-order valence-corrected chi connectivity index (χ4v) is 3.91. The third kappa shape index (κ3) is 6.22. The molecule has 0 spiro atoms. The Hall–Kier alpha value is -0.620. The van der Waals surface area contributed by atoms with Gasteiger partial charge in [0, 0.05) is 44.5 Å². The molecule has 148 valence electrons. The van der Waals surface area contributed by atoms with Gasteiger partial charge < -0.3 is 15.5 Å². The lowest BCUT2D eigenvalue weighted by atomic mass is 10.1. The maximum atomic E-state index is 12.5. The number of hydrogen-bond acceptors (Lipinski definition) is 4. The van der Waals surface area contributed by atoms with E-state index >= 15 is 0 Å². The van der Waals surface area contributed by atoms with Crippen LogP contribution in [0.1, 0.15) is 30.0 Å². The van der Waals surface area contributed by atoms with Crippen LogP contribution < -0.4 is 10.6 Å². The molecule has 0 amide bonds. The second-order valence-electron chi connectivity index (χ2n) is 6.63. The molecule has 2 fully saturated rings. The zero-order valence-corrected chi connectivity index (χ0v) is 17.8. The summed E-state index contributed by atoms with van der Waals surface area (Å²) in [5, 5.41) is 8.01. The van der Waals surface area contributed by atoms with Gasteiger partial charge >= 0.3 is 6.18 Å². The van der Waals surface area contributed by atoms with E-state index in [9.17, 15) is 13.2 Å². The minimum atomic E-state index is -4.37. The molecular formula is C16H25F3IN5S. The summed E-state index contributed by atoms with van der Waals surface area (Å²) in [7, 11) is 1.70. The van der Waals surface area contributed by atoms with E-state index in [4.69, 9.17) is 0 Å². The van der Waals surface area contributed by atoms with Gasteiger partial charge in [-0.05, 0) is 31.7 Å². The molecule has 2 aliphatic rings. The van der Waals surface area contributed by atoms with Crippen molar-refractivity contribution in [2.45, 2.75) is 37.9 Å². The topological polar surface area (TPSA) is 52.6 Å². The number of rotatable bonds is 6. The van der Waals surface area contributed by atoms with Gasteiger partial charge in [0.2, 0.25) is 0 Å². The lowest BCUT2D eigenvalue weighted by Crippen LogP contribution is -2.41. The minimum Gasteiger partial charge on any atom is -0.356 e. The largest absolute Gasteiger partial charge is 0.434 e. The van der Waals surface area contributed by atoms with Gasteiger partial charge in [0.25, 0.3) is 0 Å². The van der Waals surface area contributed by atoms with Crippen molar-refractivity contribution in [1.82, 2.24) is 20.5 Å². The molecular weight excluding hydrogens is 478 g/mol. The van der Waals surface area contributed by atoms with Gasteiger partial charge in [-0.1, -0.05) is 0 Å². The molecule has 1 saturated heterocycles. The fourth-order valence-electron chi connectivity index (χ4n) is 3.11. The molecule has 2 heterocycles. The van der Waals surface area contributed by atoms with Crippen LogP contribution >= 0.6 is 35.3 Å². The van der Waals surface area contributed by atoms with Crippen molar-refractivity contribution in [3.8, 4) is 0 Å². The Morgan fingerprint density at radius 2 is 2.12 bits per heavy atom. The van der Waals surface area contributed by atoms with Crippen molar-refractivity contribution < 1.29 is 13.2 Å². The minimum absolute atomic E-state index is 0. The molecule has 1 atom stereocenters. The Bertz CT molecular complexity index is 603. The van der Waals surface area contributed by atoms with E-state index in [1.54, 1.807) is 7.05 Å². The summed E-state index contributed by atoms with van der Waals surface area (Å²) in [5.74, 6) is 1.32. The molecule has 1 unspecified atom stereocenters. The van der Waals surface area contributed by atoms with Gasteiger partial charge in [0.15, 0.2) is 11.7 Å². The maximum Gasteiger partial charge on any atom is 0.434 e. The monoisotopic (exact) mass is 503 g/mol. The number of aromatic nitrogens is 1. The Labute approximate surface area is 172 Å². The van der Waals surface area contributed by atoms with E-state index in [1.165, 1.54) is 25.8 Å². The number of guanidine groups is 1. The van der Waals surface area contributed by atoms with Crippen LogP contribution in [0.5, 0.6) is 0 Å². The van der Waals surface area contributed by atoms with Crippen LogP contribution in [-0.2, 0) is 12.6 Å². The highest BCUT2D eigenvalue weighted by Gasteiger charge is 2.34. The summed E-state index contributed by atoms with van der Waals surface area (Å²) in [6.07, 6.45) is -0.0259.